The molecule has 1 heterocycles. The smallest absolute Gasteiger partial charge is 0.260 e. The summed E-state index contributed by atoms with van der Waals surface area (Å²) in [6.45, 7) is 2.86. The number of aryl methyl sites for hydroxylation is 1. The lowest BCUT2D eigenvalue weighted by Crippen LogP contribution is -2.51. The number of nitrogens with zero attached hydrogens (tertiary/aromatic N) is 2. The largest absolute Gasteiger partial charge is 0.496 e. The number of para-hydroxylation sites is 2. The maximum absolute atomic E-state index is 13.0. The number of nitrogens with two attached hydrogens (primary N) is 1. The van der Waals surface area contributed by atoms with Crippen LogP contribution in [0.2, 0.25) is 0 Å². The van der Waals surface area contributed by atoms with Crippen LogP contribution in [0.25, 0.3) is 0 Å². The Hall–Kier alpha value is -3.06. The van der Waals surface area contributed by atoms with Crippen molar-refractivity contribution >= 4 is 17.5 Å². The summed E-state index contributed by atoms with van der Waals surface area (Å²) in [5, 5.41) is 0. The van der Waals surface area contributed by atoms with Gasteiger partial charge in [0, 0.05) is 12.1 Å². The monoisotopic (exact) mass is 383 g/mol. The Balaban J connectivity index is 1.75. The van der Waals surface area contributed by atoms with E-state index in [1.54, 1.807) is 30.2 Å². The molecule has 0 aliphatic carbocycles. The van der Waals surface area contributed by atoms with Crippen molar-refractivity contribution in [2.24, 2.45) is 5.73 Å². The number of rotatable bonds is 6. The number of benzene rings is 2. The summed E-state index contributed by atoms with van der Waals surface area (Å²) in [6.07, 6.45) is -0.860. The van der Waals surface area contributed by atoms with Crippen LogP contribution in [-0.2, 0) is 16.1 Å². The first kappa shape index (κ1) is 19.7. The lowest BCUT2D eigenvalue weighted by Gasteiger charge is -2.34. The van der Waals surface area contributed by atoms with Crippen molar-refractivity contribution in [1.82, 2.24) is 4.90 Å². The van der Waals surface area contributed by atoms with E-state index in [-0.39, 0.29) is 19.0 Å². The zero-order valence-corrected chi connectivity index (χ0v) is 16.3. The van der Waals surface area contributed by atoms with Crippen LogP contribution in [0.15, 0.2) is 42.5 Å². The third-order valence-electron chi connectivity index (χ3n) is 4.67. The van der Waals surface area contributed by atoms with Gasteiger partial charge in [0.05, 0.1) is 25.9 Å². The fourth-order valence-corrected chi connectivity index (χ4v) is 3.31. The Morgan fingerprint density at radius 3 is 2.75 bits per heavy atom. The van der Waals surface area contributed by atoms with Crippen molar-refractivity contribution in [3.05, 3.63) is 53.6 Å². The van der Waals surface area contributed by atoms with Gasteiger partial charge in [0.25, 0.3) is 5.91 Å². The molecule has 0 spiro atoms. The zero-order valence-electron chi connectivity index (χ0n) is 16.3. The Bertz CT molecular complexity index is 884. The highest BCUT2D eigenvalue weighted by atomic mass is 16.5. The van der Waals surface area contributed by atoms with E-state index in [1.807, 2.05) is 43.1 Å². The molecule has 7 heteroatoms. The van der Waals surface area contributed by atoms with Gasteiger partial charge in [-0.2, -0.15) is 0 Å². The van der Waals surface area contributed by atoms with Crippen molar-refractivity contribution in [1.29, 1.82) is 0 Å². The Morgan fingerprint density at radius 1 is 1.29 bits per heavy atom. The predicted octanol–water partition coefficient (Wildman–Crippen LogP) is 1.71. The molecule has 3 rings (SSSR count). The van der Waals surface area contributed by atoms with E-state index in [0.29, 0.717) is 18.0 Å². The van der Waals surface area contributed by atoms with Gasteiger partial charge in [-0.15, -0.1) is 0 Å². The van der Waals surface area contributed by atoms with E-state index >= 15 is 0 Å². The van der Waals surface area contributed by atoms with Gasteiger partial charge in [0.1, 0.15) is 11.5 Å². The van der Waals surface area contributed by atoms with Gasteiger partial charge in [0.15, 0.2) is 6.10 Å². The standard InChI is InChI=1S/C21H25N3O4/c1-14-8-9-17(27-3)15(10-14)11-23(2)13-20(25)24-12-19(21(22)26)28-18-7-5-4-6-16(18)24/h4-10,19H,11-13H2,1-3H3,(H2,22,26)/t19-/m0/s1. The predicted molar refractivity (Wildman–Crippen MR) is 106 cm³/mol. The number of hydrogen-bond donors (Lipinski definition) is 1. The van der Waals surface area contributed by atoms with Crippen LogP contribution < -0.4 is 20.1 Å². The molecule has 2 N–H and O–H groups in total. The summed E-state index contributed by atoms with van der Waals surface area (Å²) in [5.74, 6) is 0.547. The molecule has 1 aliphatic heterocycles. The quantitative estimate of drug-likeness (QED) is 0.821. The summed E-state index contributed by atoms with van der Waals surface area (Å²) >= 11 is 0. The van der Waals surface area contributed by atoms with Crippen molar-refractivity contribution in [3.63, 3.8) is 0 Å². The molecule has 2 aromatic rings. The van der Waals surface area contributed by atoms with Crippen molar-refractivity contribution in [2.45, 2.75) is 19.6 Å². The van der Waals surface area contributed by atoms with Crippen molar-refractivity contribution < 1.29 is 19.1 Å². The second kappa shape index (κ2) is 8.31. The molecule has 1 atom stereocenters. The first-order chi connectivity index (χ1) is 13.4. The number of amides is 2. The average Bonchev–Trinajstić information content (AvgIpc) is 2.67. The van der Waals surface area contributed by atoms with E-state index in [9.17, 15) is 9.59 Å². The van der Waals surface area contributed by atoms with E-state index < -0.39 is 12.0 Å². The topological polar surface area (TPSA) is 85.1 Å². The molecule has 0 saturated carbocycles. The highest BCUT2D eigenvalue weighted by molar-refractivity contribution is 5.98. The summed E-state index contributed by atoms with van der Waals surface area (Å²) in [6, 6.07) is 13.1. The van der Waals surface area contributed by atoms with Gasteiger partial charge in [-0.3, -0.25) is 14.5 Å². The van der Waals surface area contributed by atoms with Gasteiger partial charge >= 0.3 is 0 Å². The van der Waals surface area contributed by atoms with E-state index in [4.69, 9.17) is 15.2 Å². The molecule has 2 amide bonds. The number of hydrogen-bond acceptors (Lipinski definition) is 5. The highest BCUT2D eigenvalue weighted by Gasteiger charge is 2.32. The normalized spacial score (nSPS) is 15.7. The number of methoxy groups -OCH3 is 1. The van der Waals surface area contributed by atoms with Crippen LogP contribution in [-0.4, -0.2) is 50.1 Å². The second-order valence-corrected chi connectivity index (χ2v) is 6.97. The van der Waals surface area contributed by atoms with Gasteiger partial charge in [0.2, 0.25) is 5.91 Å². The molecule has 0 fully saturated rings. The third-order valence-corrected chi connectivity index (χ3v) is 4.67. The molecule has 1 aliphatic rings. The van der Waals surface area contributed by atoms with Gasteiger partial charge in [-0.1, -0.05) is 29.8 Å². The zero-order chi connectivity index (χ0) is 20.3. The Kier molecular flexibility index (Phi) is 5.84. The van der Waals surface area contributed by atoms with Gasteiger partial charge in [-0.05, 0) is 32.2 Å². The number of likely N-dealkylation sites (N-methyl/N-ethyl adjacent to an activating group) is 1. The minimum atomic E-state index is -0.860. The van der Waals surface area contributed by atoms with Crippen LogP contribution in [0.3, 0.4) is 0 Å². The average molecular weight is 383 g/mol. The lowest BCUT2D eigenvalue weighted by molar-refractivity contribution is -0.125. The maximum atomic E-state index is 13.0. The summed E-state index contributed by atoms with van der Waals surface area (Å²) in [4.78, 5) is 28.1. The molecule has 148 valence electrons. The number of carbonyl (C=O) groups excluding carboxylic acids is 2. The fraction of sp³-hybridized carbons (Fsp3) is 0.333. The third kappa shape index (κ3) is 4.26. The number of anilines is 1. The minimum absolute atomic E-state index is 0.104. The van der Waals surface area contributed by atoms with Crippen molar-refractivity contribution in [3.8, 4) is 11.5 Å². The van der Waals surface area contributed by atoms with Crippen LogP contribution in [0, 0.1) is 6.92 Å². The number of fused-ring (bicyclic) bond motifs is 1. The van der Waals surface area contributed by atoms with Crippen LogP contribution >= 0.6 is 0 Å². The molecule has 0 saturated heterocycles. The molecule has 28 heavy (non-hydrogen) atoms. The molecule has 0 aromatic heterocycles. The number of primary amides is 1. The first-order valence-electron chi connectivity index (χ1n) is 9.06. The fourth-order valence-electron chi connectivity index (χ4n) is 3.31. The minimum Gasteiger partial charge on any atom is -0.496 e. The first-order valence-corrected chi connectivity index (χ1v) is 9.06. The van der Waals surface area contributed by atoms with Crippen molar-refractivity contribution in [2.75, 3.05) is 32.1 Å². The van der Waals surface area contributed by atoms with E-state index in [2.05, 4.69) is 0 Å². The summed E-state index contributed by atoms with van der Waals surface area (Å²) < 4.78 is 11.0. The van der Waals surface area contributed by atoms with Gasteiger partial charge < -0.3 is 20.1 Å². The summed E-state index contributed by atoms with van der Waals surface area (Å²) in [7, 11) is 3.51. The molecule has 2 aromatic carbocycles. The van der Waals surface area contributed by atoms with Gasteiger partial charge in [-0.25, -0.2) is 0 Å². The van der Waals surface area contributed by atoms with E-state index in [1.165, 1.54) is 0 Å². The van der Waals surface area contributed by atoms with Crippen LogP contribution in [0.4, 0.5) is 5.69 Å². The maximum Gasteiger partial charge on any atom is 0.260 e. The number of ether oxygens (including phenoxy) is 2. The second-order valence-electron chi connectivity index (χ2n) is 6.97. The Morgan fingerprint density at radius 2 is 2.04 bits per heavy atom. The van der Waals surface area contributed by atoms with E-state index in [0.717, 1.165) is 16.9 Å². The number of carbonyl (C=O) groups is 2. The van der Waals surface area contributed by atoms with Crippen LogP contribution in [0.1, 0.15) is 11.1 Å². The summed E-state index contributed by atoms with van der Waals surface area (Å²) in [5.41, 5.74) is 8.19. The molecule has 0 radical (unpaired) electrons. The molecular formula is C21H25N3O4. The Labute approximate surface area is 164 Å². The highest BCUT2D eigenvalue weighted by Crippen LogP contribution is 2.33. The molecule has 0 bridgehead atoms. The lowest BCUT2D eigenvalue weighted by atomic mass is 10.1. The molecule has 0 unspecified atom stereocenters. The van der Waals surface area contributed by atoms with Crippen LogP contribution in [0.5, 0.6) is 11.5 Å². The molecular weight excluding hydrogens is 358 g/mol. The SMILES string of the molecule is COc1ccc(C)cc1CN(C)CC(=O)N1C[C@@H](C(N)=O)Oc2ccccc21. The molecule has 7 nitrogen and oxygen atoms in total.